The number of thiophene rings is 1. The summed E-state index contributed by atoms with van der Waals surface area (Å²) in [6, 6.07) is 3.54. The number of ketones is 1. The Hall–Kier alpha value is -0.720. The smallest absolute Gasteiger partial charge is 0.252 e. The highest BCUT2D eigenvalue weighted by Crippen LogP contribution is 2.28. The third kappa shape index (κ3) is 2.90. The van der Waals surface area contributed by atoms with Crippen molar-refractivity contribution in [1.82, 2.24) is 4.31 Å². The van der Waals surface area contributed by atoms with Gasteiger partial charge in [-0.3, -0.25) is 4.79 Å². The van der Waals surface area contributed by atoms with E-state index in [-0.39, 0.29) is 11.7 Å². The predicted octanol–water partition coefficient (Wildman–Crippen LogP) is 2.30. The fraction of sp³-hybridized carbons (Fsp3) is 0.615. The Labute approximate surface area is 118 Å². The average Bonchev–Trinajstić information content (AvgIpc) is 2.88. The molecule has 106 valence electrons. The van der Waals surface area contributed by atoms with E-state index in [2.05, 4.69) is 0 Å². The minimum Gasteiger partial charge on any atom is -0.299 e. The van der Waals surface area contributed by atoms with Crippen LogP contribution >= 0.6 is 11.3 Å². The lowest BCUT2D eigenvalue weighted by Gasteiger charge is -2.29. The standard InChI is InChI=1S/C13H19NO3S2/c1-3-10-9-14(8-7-12(10)15)19(16,17)13-6-5-11(4-2)18-13/h5-6,10H,3-4,7-9H2,1-2H3. The van der Waals surface area contributed by atoms with E-state index in [0.717, 1.165) is 11.3 Å². The second-order valence-corrected chi connectivity index (χ2v) is 8.09. The number of carbonyl (C=O) groups is 1. The summed E-state index contributed by atoms with van der Waals surface area (Å²) in [5.41, 5.74) is 0. The Balaban J connectivity index is 2.22. The Morgan fingerprint density at radius 1 is 1.37 bits per heavy atom. The zero-order valence-corrected chi connectivity index (χ0v) is 12.9. The van der Waals surface area contributed by atoms with Crippen molar-refractivity contribution < 1.29 is 13.2 Å². The van der Waals surface area contributed by atoms with E-state index in [1.54, 1.807) is 6.07 Å². The van der Waals surface area contributed by atoms with Gasteiger partial charge in [0.1, 0.15) is 9.99 Å². The van der Waals surface area contributed by atoms with Crippen LogP contribution in [0.3, 0.4) is 0 Å². The second-order valence-electron chi connectivity index (χ2n) is 4.76. The van der Waals surface area contributed by atoms with Crippen LogP contribution in [0.25, 0.3) is 0 Å². The predicted molar refractivity (Wildman–Crippen MR) is 75.9 cm³/mol. The molecule has 0 saturated carbocycles. The number of hydrogen-bond acceptors (Lipinski definition) is 4. The highest BCUT2D eigenvalue weighted by Gasteiger charge is 2.34. The maximum Gasteiger partial charge on any atom is 0.252 e. The van der Waals surface area contributed by atoms with Crippen molar-refractivity contribution in [3.63, 3.8) is 0 Å². The van der Waals surface area contributed by atoms with Gasteiger partial charge in [-0.05, 0) is 25.0 Å². The van der Waals surface area contributed by atoms with E-state index in [1.165, 1.54) is 15.6 Å². The lowest BCUT2D eigenvalue weighted by molar-refractivity contribution is -0.125. The highest BCUT2D eigenvalue weighted by molar-refractivity contribution is 7.91. The van der Waals surface area contributed by atoms with E-state index < -0.39 is 10.0 Å². The summed E-state index contributed by atoms with van der Waals surface area (Å²) < 4.78 is 26.9. The Morgan fingerprint density at radius 3 is 2.68 bits per heavy atom. The largest absolute Gasteiger partial charge is 0.299 e. The second kappa shape index (κ2) is 5.73. The third-order valence-corrected chi connectivity index (χ3v) is 7.12. The molecule has 2 heterocycles. The zero-order chi connectivity index (χ0) is 14.0. The first-order chi connectivity index (χ1) is 8.98. The van der Waals surface area contributed by atoms with E-state index in [4.69, 9.17) is 0 Å². The van der Waals surface area contributed by atoms with Crippen molar-refractivity contribution in [2.75, 3.05) is 13.1 Å². The van der Waals surface area contributed by atoms with Gasteiger partial charge in [0.2, 0.25) is 0 Å². The van der Waals surface area contributed by atoms with Crippen LogP contribution in [0.1, 0.15) is 31.6 Å². The number of carbonyl (C=O) groups excluding carboxylic acids is 1. The number of nitrogens with zero attached hydrogens (tertiary/aromatic N) is 1. The van der Waals surface area contributed by atoms with Crippen LogP contribution in [0.5, 0.6) is 0 Å². The summed E-state index contributed by atoms with van der Waals surface area (Å²) in [5.74, 6) is 0.0449. The summed E-state index contributed by atoms with van der Waals surface area (Å²) in [6.07, 6.45) is 1.88. The summed E-state index contributed by atoms with van der Waals surface area (Å²) in [5, 5.41) is 0. The van der Waals surface area contributed by atoms with Gasteiger partial charge in [-0.25, -0.2) is 8.42 Å². The minimum absolute atomic E-state index is 0.144. The maximum atomic E-state index is 12.5. The molecule has 0 amide bonds. The van der Waals surface area contributed by atoms with Gasteiger partial charge in [0, 0.05) is 30.3 Å². The molecule has 0 aliphatic carbocycles. The molecular formula is C13H19NO3S2. The summed E-state index contributed by atoms with van der Waals surface area (Å²) >= 11 is 1.33. The number of piperidine rings is 1. The van der Waals surface area contributed by atoms with Gasteiger partial charge in [-0.1, -0.05) is 13.8 Å². The van der Waals surface area contributed by atoms with E-state index in [9.17, 15) is 13.2 Å². The summed E-state index contributed by atoms with van der Waals surface area (Å²) in [4.78, 5) is 12.7. The molecule has 0 aromatic carbocycles. The third-order valence-electron chi connectivity index (χ3n) is 3.56. The molecule has 6 heteroatoms. The molecule has 1 aliphatic heterocycles. The molecule has 19 heavy (non-hydrogen) atoms. The highest BCUT2D eigenvalue weighted by atomic mass is 32.2. The van der Waals surface area contributed by atoms with Crippen molar-refractivity contribution in [2.45, 2.75) is 37.3 Å². The van der Waals surface area contributed by atoms with Gasteiger partial charge in [0.05, 0.1) is 0 Å². The number of sulfonamides is 1. The molecule has 1 aromatic rings. The van der Waals surface area contributed by atoms with Crippen LogP contribution < -0.4 is 0 Å². The first kappa shape index (κ1) is 14.7. The van der Waals surface area contributed by atoms with Crippen LogP contribution in [0, 0.1) is 5.92 Å². The van der Waals surface area contributed by atoms with E-state index in [0.29, 0.717) is 30.1 Å². The Morgan fingerprint density at radius 2 is 2.11 bits per heavy atom. The molecule has 1 aromatic heterocycles. The van der Waals surface area contributed by atoms with Gasteiger partial charge >= 0.3 is 0 Å². The minimum atomic E-state index is -3.42. The zero-order valence-electron chi connectivity index (χ0n) is 11.3. The van der Waals surface area contributed by atoms with Crippen LogP contribution in [0.2, 0.25) is 0 Å². The topological polar surface area (TPSA) is 54.5 Å². The molecule has 4 nitrogen and oxygen atoms in total. The molecule has 1 fully saturated rings. The van der Waals surface area contributed by atoms with Crippen molar-refractivity contribution >= 4 is 27.1 Å². The average molecular weight is 301 g/mol. The Kier molecular flexibility index (Phi) is 4.43. The number of hydrogen-bond donors (Lipinski definition) is 0. The first-order valence-electron chi connectivity index (χ1n) is 6.60. The molecular weight excluding hydrogens is 282 g/mol. The van der Waals surface area contributed by atoms with Crippen LogP contribution in [-0.4, -0.2) is 31.6 Å². The van der Waals surface area contributed by atoms with Crippen molar-refractivity contribution in [2.24, 2.45) is 5.92 Å². The van der Waals surface area contributed by atoms with Crippen LogP contribution in [0.15, 0.2) is 16.3 Å². The fourth-order valence-electron chi connectivity index (χ4n) is 2.27. The van der Waals surface area contributed by atoms with Gasteiger partial charge in [-0.15, -0.1) is 11.3 Å². The Bertz CT molecular complexity index is 562. The van der Waals surface area contributed by atoms with Gasteiger partial charge < -0.3 is 0 Å². The summed E-state index contributed by atoms with van der Waals surface area (Å²) in [7, 11) is -3.42. The molecule has 1 atom stereocenters. The molecule has 0 bridgehead atoms. The van der Waals surface area contributed by atoms with Crippen LogP contribution in [-0.2, 0) is 21.2 Å². The molecule has 1 unspecified atom stereocenters. The molecule has 2 rings (SSSR count). The lowest BCUT2D eigenvalue weighted by atomic mass is 9.96. The molecule has 0 spiro atoms. The van der Waals surface area contributed by atoms with Crippen molar-refractivity contribution in [1.29, 1.82) is 0 Å². The van der Waals surface area contributed by atoms with Gasteiger partial charge in [0.15, 0.2) is 0 Å². The number of aryl methyl sites for hydroxylation is 1. The number of rotatable bonds is 4. The lowest BCUT2D eigenvalue weighted by Crippen LogP contribution is -2.43. The molecule has 1 aliphatic rings. The molecule has 1 saturated heterocycles. The van der Waals surface area contributed by atoms with Crippen LogP contribution in [0.4, 0.5) is 0 Å². The van der Waals surface area contributed by atoms with E-state index in [1.807, 2.05) is 19.9 Å². The monoisotopic (exact) mass is 301 g/mol. The van der Waals surface area contributed by atoms with Gasteiger partial charge in [-0.2, -0.15) is 4.31 Å². The maximum absolute atomic E-state index is 12.5. The van der Waals surface area contributed by atoms with Crippen molar-refractivity contribution in [3.05, 3.63) is 17.0 Å². The quantitative estimate of drug-likeness (QED) is 0.857. The van der Waals surface area contributed by atoms with E-state index >= 15 is 0 Å². The van der Waals surface area contributed by atoms with Gasteiger partial charge in [0.25, 0.3) is 10.0 Å². The molecule has 0 N–H and O–H groups in total. The summed E-state index contributed by atoms with van der Waals surface area (Å²) in [6.45, 7) is 4.59. The normalized spacial score (nSPS) is 21.8. The number of Topliss-reactive ketones (excluding diaryl/α,β-unsaturated/α-hetero) is 1. The SMILES string of the molecule is CCc1ccc(S(=O)(=O)N2CCC(=O)C(CC)C2)s1. The first-order valence-corrected chi connectivity index (χ1v) is 8.86. The molecule has 0 radical (unpaired) electrons. The van der Waals surface area contributed by atoms with Crippen molar-refractivity contribution in [3.8, 4) is 0 Å². The fourth-order valence-corrected chi connectivity index (χ4v) is 5.20.